The van der Waals surface area contributed by atoms with E-state index in [0.29, 0.717) is 24.3 Å². The van der Waals surface area contributed by atoms with Crippen LogP contribution in [0, 0.1) is 6.92 Å². The van der Waals surface area contributed by atoms with Crippen molar-refractivity contribution in [1.82, 2.24) is 0 Å². The van der Waals surface area contributed by atoms with E-state index in [0.717, 1.165) is 22.4 Å². The number of fused-ring (bicyclic) bond motifs is 1. The molecule has 1 aliphatic rings. The first-order valence-electron chi connectivity index (χ1n) is 11.2. The van der Waals surface area contributed by atoms with Crippen LogP contribution in [0.2, 0.25) is 0 Å². The third-order valence-corrected chi connectivity index (χ3v) is 5.80. The first-order chi connectivity index (χ1) is 16.4. The Hall–Kier alpha value is -4.13. The molecule has 0 bridgehead atoms. The number of anilines is 2. The lowest BCUT2D eigenvalue weighted by Crippen LogP contribution is -2.51. The Morgan fingerprint density at radius 2 is 1.71 bits per heavy atom. The van der Waals surface area contributed by atoms with E-state index in [1.165, 1.54) is 0 Å². The van der Waals surface area contributed by atoms with E-state index >= 15 is 0 Å². The number of ether oxygens (including phenoxy) is 1. The first kappa shape index (κ1) is 23.0. The number of amides is 3. The number of rotatable bonds is 7. The highest BCUT2D eigenvalue weighted by Crippen LogP contribution is 2.31. The van der Waals surface area contributed by atoms with Crippen molar-refractivity contribution in [3.63, 3.8) is 0 Å². The summed E-state index contributed by atoms with van der Waals surface area (Å²) in [6, 6.07) is 21.4. The van der Waals surface area contributed by atoms with E-state index in [2.05, 4.69) is 5.32 Å². The van der Waals surface area contributed by atoms with Crippen molar-refractivity contribution < 1.29 is 19.1 Å². The van der Waals surface area contributed by atoms with Gasteiger partial charge in [0.05, 0.1) is 6.42 Å². The van der Waals surface area contributed by atoms with Gasteiger partial charge in [0.25, 0.3) is 5.91 Å². The summed E-state index contributed by atoms with van der Waals surface area (Å²) in [6.07, 6.45) is 1.36. The molecule has 1 unspecified atom stereocenters. The molecule has 7 heteroatoms. The Morgan fingerprint density at radius 1 is 1.00 bits per heavy atom. The molecule has 0 aliphatic carbocycles. The van der Waals surface area contributed by atoms with Gasteiger partial charge in [-0.05, 0) is 61.2 Å². The molecule has 0 radical (unpaired) electrons. The number of carbonyl (C=O) groups excluding carboxylic acids is 3. The molecule has 3 N–H and O–H groups in total. The number of nitrogens with two attached hydrogens (primary N) is 1. The minimum atomic E-state index is -0.648. The molecule has 1 aliphatic heterocycles. The smallest absolute Gasteiger partial charge is 0.265 e. The highest BCUT2D eigenvalue weighted by Gasteiger charge is 2.35. The lowest BCUT2D eigenvalue weighted by molar-refractivity contribution is -0.125. The van der Waals surface area contributed by atoms with Crippen molar-refractivity contribution in [1.29, 1.82) is 0 Å². The molecule has 1 atom stereocenters. The van der Waals surface area contributed by atoms with Crippen LogP contribution in [-0.2, 0) is 27.2 Å². The summed E-state index contributed by atoms with van der Waals surface area (Å²) in [5.41, 5.74) is 9.52. The van der Waals surface area contributed by atoms with Crippen LogP contribution < -0.4 is 20.7 Å². The third-order valence-electron chi connectivity index (χ3n) is 5.80. The standard InChI is InChI=1S/C27H27N3O4/c1-18-6-11-21(12-7-18)29-27(33)24-15-10-20-4-2-3-5-23(20)30(24)26(32)17-34-22-13-8-19(9-14-22)16-25(28)31/h2-9,11-14,24H,10,15-17H2,1H3,(H2,28,31)(H,29,33). The molecule has 4 rings (SSSR count). The summed E-state index contributed by atoms with van der Waals surface area (Å²) in [6.45, 7) is 1.76. The summed E-state index contributed by atoms with van der Waals surface area (Å²) < 4.78 is 5.72. The van der Waals surface area contributed by atoms with Crippen LogP contribution in [0.25, 0.3) is 0 Å². The normalized spacial score (nSPS) is 14.7. The highest BCUT2D eigenvalue weighted by atomic mass is 16.5. The molecule has 7 nitrogen and oxygen atoms in total. The summed E-state index contributed by atoms with van der Waals surface area (Å²) in [4.78, 5) is 39.1. The molecule has 1 heterocycles. The van der Waals surface area contributed by atoms with E-state index < -0.39 is 11.9 Å². The number of hydrogen-bond donors (Lipinski definition) is 2. The Morgan fingerprint density at radius 3 is 2.41 bits per heavy atom. The number of carbonyl (C=O) groups is 3. The van der Waals surface area contributed by atoms with Gasteiger partial charge in [0.2, 0.25) is 11.8 Å². The molecular formula is C27H27N3O4. The van der Waals surface area contributed by atoms with Crippen molar-refractivity contribution in [3.8, 4) is 5.75 Å². The van der Waals surface area contributed by atoms with Crippen LogP contribution in [0.1, 0.15) is 23.1 Å². The van der Waals surface area contributed by atoms with Crippen LogP contribution in [-0.4, -0.2) is 30.4 Å². The molecule has 3 amide bonds. The van der Waals surface area contributed by atoms with Gasteiger partial charge in [-0.2, -0.15) is 0 Å². The van der Waals surface area contributed by atoms with Gasteiger partial charge < -0.3 is 15.8 Å². The lowest BCUT2D eigenvalue weighted by Gasteiger charge is -2.36. The average Bonchev–Trinajstić information content (AvgIpc) is 2.83. The number of para-hydroxylation sites is 1. The molecule has 0 spiro atoms. The van der Waals surface area contributed by atoms with Crippen LogP contribution in [0.15, 0.2) is 72.8 Å². The summed E-state index contributed by atoms with van der Waals surface area (Å²) in [7, 11) is 0. The number of benzene rings is 3. The van der Waals surface area contributed by atoms with Crippen LogP contribution >= 0.6 is 0 Å². The largest absolute Gasteiger partial charge is 0.484 e. The van der Waals surface area contributed by atoms with Gasteiger partial charge in [-0.1, -0.05) is 48.0 Å². The topological polar surface area (TPSA) is 102 Å². The summed E-state index contributed by atoms with van der Waals surface area (Å²) >= 11 is 0. The van der Waals surface area contributed by atoms with Crippen molar-refractivity contribution >= 4 is 29.1 Å². The van der Waals surface area contributed by atoms with Crippen molar-refractivity contribution in [2.45, 2.75) is 32.2 Å². The van der Waals surface area contributed by atoms with E-state index in [9.17, 15) is 14.4 Å². The summed E-state index contributed by atoms with van der Waals surface area (Å²) in [5, 5.41) is 2.94. The van der Waals surface area contributed by atoms with Gasteiger partial charge >= 0.3 is 0 Å². The van der Waals surface area contributed by atoms with Crippen LogP contribution in [0.4, 0.5) is 11.4 Å². The molecule has 0 fully saturated rings. The van der Waals surface area contributed by atoms with Gasteiger partial charge in [-0.3, -0.25) is 19.3 Å². The molecule has 174 valence electrons. The maximum absolute atomic E-state index is 13.3. The van der Waals surface area contributed by atoms with E-state index in [1.807, 2.05) is 55.5 Å². The predicted octanol–water partition coefficient (Wildman–Crippen LogP) is 3.39. The second kappa shape index (κ2) is 10.2. The second-order valence-electron chi connectivity index (χ2n) is 8.38. The van der Waals surface area contributed by atoms with Gasteiger partial charge in [0.15, 0.2) is 6.61 Å². The van der Waals surface area contributed by atoms with Crippen LogP contribution in [0.5, 0.6) is 5.75 Å². The molecule has 0 saturated carbocycles. The Bertz CT molecular complexity index is 1190. The van der Waals surface area contributed by atoms with Gasteiger partial charge in [-0.15, -0.1) is 0 Å². The Labute approximate surface area is 198 Å². The summed E-state index contributed by atoms with van der Waals surface area (Å²) in [5.74, 6) is -0.463. The highest BCUT2D eigenvalue weighted by molar-refractivity contribution is 6.06. The fourth-order valence-electron chi connectivity index (χ4n) is 4.08. The quantitative estimate of drug-likeness (QED) is 0.568. The van der Waals surface area contributed by atoms with Crippen LogP contribution in [0.3, 0.4) is 0 Å². The first-order valence-corrected chi connectivity index (χ1v) is 11.2. The zero-order valence-corrected chi connectivity index (χ0v) is 19.0. The number of primary amides is 1. The van der Waals surface area contributed by atoms with E-state index in [-0.39, 0.29) is 24.8 Å². The van der Waals surface area contributed by atoms with Gasteiger partial charge in [0.1, 0.15) is 11.8 Å². The molecule has 3 aromatic carbocycles. The number of nitrogens with one attached hydrogen (secondary N) is 1. The Balaban J connectivity index is 1.50. The lowest BCUT2D eigenvalue weighted by atomic mass is 9.95. The van der Waals surface area contributed by atoms with Crippen molar-refractivity contribution in [3.05, 3.63) is 89.5 Å². The van der Waals surface area contributed by atoms with E-state index in [4.69, 9.17) is 10.5 Å². The van der Waals surface area contributed by atoms with Gasteiger partial charge in [0, 0.05) is 11.4 Å². The fourth-order valence-corrected chi connectivity index (χ4v) is 4.08. The maximum Gasteiger partial charge on any atom is 0.265 e. The van der Waals surface area contributed by atoms with Crippen molar-refractivity contribution in [2.24, 2.45) is 5.73 Å². The van der Waals surface area contributed by atoms with Gasteiger partial charge in [-0.25, -0.2) is 0 Å². The number of aryl methyl sites for hydroxylation is 2. The zero-order chi connectivity index (χ0) is 24.1. The predicted molar refractivity (Wildman–Crippen MR) is 131 cm³/mol. The van der Waals surface area contributed by atoms with E-state index in [1.54, 1.807) is 29.2 Å². The maximum atomic E-state index is 13.3. The Kier molecular flexibility index (Phi) is 6.92. The average molecular weight is 458 g/mol. The molecule has 0 aromatic heterocycles. The molecule has 0 saturated heterocycles. The molecular weight excluding hydrogens is 430 g/mol. The van der Waals surface area contributed by atoms with Crippen molar-refractivity contribution in [2.75, 3.05) is 16.8 Å². The molecule has 34 heavy (non-hydrogen) atoms. The molecule has 3 aromatic rings. The second-order valence-corrected chi connectivity index (χ2v) is 8.38. The monoisotopic (exact) mass is 457 g/mol. The zero-order valence-electron chi connectivity index (χ0n) is 19.0. The fraction of sp³-hybridized carbons (Fsp3) is 0.222. The SMILES string of the molecule is Cc1ccc(NC(=O)C2CCc3ccccc3N2C(=O)COc2ccc(CC(N)=O)cc2)cc1. The third kappa shape index (κ3) is 5.43. The minimum absolute atomic E-state index is 0.140. The number of hydrogen-bond acceptors (Lipinski definition) is 4. The number of nitrogens with zero attached hydrogens (tertiary/aromatic N) is 1. The minimum Gasteiger partial charge on any atom is -0.484 e.